The molecule has 0 radical (unpaired) electrons. The van der Waals surface area contributed by atoms with E-state index in [1.54, 1.807) is 0 Å². The molecule has 1 atom stereocenters. The Morgan fingerprint density at radius 3 is 2.69 bits per heavy atom. The summed E-state index contributed by atoms with van der Waals surface area (Å²) in [6.45, 7) is 2.09. The van der Waals surface area contributed by atoms with Crippen molar-refractivity contribution in [3.63, 3.8) is 0 Å². The third-order valence-electron chi connectivity index (χ3n) is 7.16. The highest BCUT2D eigenvalue weighted by molar-refractivity contribution is 8.00. The molecular weight excluding hydrogens is 468 g/mol. The van der Waals surface area contributed by atoms with E-state index in [2.05, 4.69) is 11.1 Å². The number of amides is 2. The van der Waals surface area contributed by atoms with Gasteiger partial charge < -0.3 is 14.8 Å². The molecule has 3 heterocycles. The first-order valence-electron chi connectivity index (χ1n) is 12.5. The number of carbonyl (C=O) groups excluding carboxylic acids is 2. The van der Waals surface area contributed by atoms with Crippen molar-refractivity contribution in [2.24, 2.45) is 0 Å². The highest BCUT2D eigenvalue weighted by Crippen LogP contribution is 2.32. The zero-order valence-corrected chi connectivity index (χ0v) is 20.8. The molecule has 0 aliphatic carbocycles. The highest BCUT2D eigenvalue weighted by atomic mass is 32.2. The fourth-order valence-electron chi connectivity index (χ4n) is 5.30. The first kappa shape index (κ1) is 22.9. The number of rotatable bonds is 5. The molecule has 4 aromatic rings. The number of hydrogen-bond donors (Lipinski definition) is 1. The van der Waals surface area contributed by atoms with Crippen molar-refractivity contribution in [2.45, 2.75) is 30.1 Å². The number of likely N-dealkylation sites (tertiary alicyclic amines) is 1. The van der Waals surface area contributed by atoms with Crippen molar-refractivity contribution >= 4 is 40.3 Å². The third kappa shape index (κ3) is 4.39. The minimum absolute atomic E-state index is 0.0258. The molecule has 2 aliphatic rings. The lowest BCUT2D eigenvalue weighted by molar-refractivity contribution is -0.116. The molecule has 3 aromatic carbocycles. The molecule has 1 N–H and O–H groups in total. The lowest BCUT2D eigenvalue weighted by Crippen LogP contribution is -2.39. The quantitative estimate of drug-likeness (QED) is 0.383. The van der Waals surface area contributed by atoms with E-state index in [9.17, 15) is 9.59 Å². The average molecular weight is 497 g/mol. The molecule has 1 fully saturated rings. The van der Waals surface area contributed by atoms with Crippen molar-refractivity contribution in [3.8, 4) is 0 Å². The van der Waals surface area contributed by atoms with Gasteiger partial charge in [-0.25, -0.2) is 4.98 Å². The number of nitrogens with zero attached hydrogens (tertiary/aromatic N) is 3. The second kappa shape index (κ2) is 9.82. The molecule has 2 aliphatic heterocycles. The van der Waals surface area contributed by atoms with Gasteiger partial charge in [-0.1, -0.05) is 42.5 Å². The second-order valence-corrected chi connectivity index (χ2v) is 10.5. The Kier molecular flexibility index (Phi) is 6.23. The number of aromatic amines is 1. The summed E-state index contributed by atoms with van der Waals surface area (Å²) in [5, 5.41) is 0. The number of H-pyrrole nitrogens is 1. The number of hydrogen-bond acceptors (Lipinski definition) is 4. The Morgan fingerprint density at radius 2 is 1.78 bits per heavy atom. The lowest BCUT2D eigenvalue weighted by atomic mass is 9.96. The Bertz CT molecular complexity index is 1400. The smallest absolute Gasteiger partial charge is 0.255 e. The molecule has 1 aromatic heterocycles. The van der Waals surface area contributed by atoms with Crippen LogP contribution in [0.1, 0.15) is 40.5 Å². The van der Waals surface area contributed by atoms with E-state index < -0.39 is 0 Å². The lowest BCUT2D eigenvalue weighted by Gasteiger charge is -2.32. The van der Waals surface area contributed by atoms with E-state index in [0.717, 1.165) is 59.8 Å². The average Bonchev–Trinajstić information content (AvgIpc) is 3.56. The molecule has 0 saturated carbocycles. The number of carbonyl (C=O) groups is 2. The van der Waals surface area contributed by atoms with Crippen molar-refractivity contribution in [1.29, 1.82) is 0 Å². The van der Waals surface area contributed by atoms with Gasteiger partial charge in [-0.15, -0.1) is 11.8 Å². The number of benzene rings is 3. The van der Waals surface area contributed by atoms with Crippen molar-refractivity contribution in [1.82, 2.24) is 14.9 Å². The molecule has 7 heteroatoms. The van der Waals surface area contributed by atoms with Crippen LogP contribution < -0.4 is 4.90 Å². The molecule has 36 heavy (non-hydrogen) atoms. The molecule has 0 spiro atoms. The number of piperidine rings is 1. The van der Waals surface area contributed by atoms with Crippen LogP contribution in [0.25, 0.3) is 11.0 Å². The number of anilines is 1. The van der Waals surface area contributed by atoms with Crippen LogP contribution in [-0.4, -0.2) is 52.1 Å². The van der Waals surface area contributed by atoms with Crippen molar-refractivity contribution < 1.29 is 9.59 Å². The number of imidazole rings is 1. The van der Waals surface area contributed by atoms with Gasteiger partial charge >= 0.3 is 0 Å². The first-order valence-corrected chi connectivity index (χ1v) is 13.5. The maximum Gasteiger partial charge on any atom is 0.255 e. The summed E-state index contributed by atoms with van der Waals surface area (Å²) in [6, 6.07) is 23.8. The van der Waals surface area contributed by atoms with Gasteiger partial charge in [0.2, 0.25) is 5.91 Å². The van der Waals surface area contributed by atoms with Crippen LogP contribution >= 0.6 is 11.8 Å². The summed E-state index contributed by atoms with van der Waals surface area (Å²) in [4.78, 5) is 39.6. The molecule has 182 valence electrons. The van der Waals surface area contributed by atoms with E-state index in [0.29, 0.717) is 17.9 Å². The molecule has 6 nitrogen and oxygen atoms in total. The third-order valence-corrected chi connectivity index (χ3v) is 8.22. The largest absolute Gasteiger partial charge is 0.342 e. The van der Waals surface area contributed by atoms with E-state index in [4.69, 9.17) is 4.98 Å². The Hall–Kier alpha value is -3.58. The van der Waals surface area contributed by atoms with E-state index >= 15 is 0 Å². The Morgan fingerprint density at radius 1 is 0.972 bits per heavy atom. The summed E-state index contributed by atoms with van der Waals surface area (Å²) in [5.74, 6) is 1.55. The molecule has 6 rings (SSSR count). The predicted molar refractivity (Wildman–Crippen MR) is 144 cm³/mol. The van der Waals surface area contributed by atoms with Crippen molar-refractivity contribution in [3.05, 3.63) is 89.7 Å². The van der Waals surface area contributed by atoms with Crippen LogP contribution in [0.3, 0.4) is 0 Å². The van der Waals surface area contributed by atoms with Crippen molar-refractivity contribution in [2.75, 3.05) is 30.3 Å². The summed E-state index contributed by atoms with van der Waals surface area (Å²) in [7, 11) is 0. The van der Waals surface area contributed by atoms with E-state index in [1.807, 2.05) is 76.5 Å². The topological polar surface area (TPSA) is 69.3 Å². The number of para-hydroxylation sites is 3. The predicted octanol–water partition coefficient (Wildman–Crippen LogP) is 5.26. The summed E-state index contributed by atoms with van der Waals surface area (Å²) in [6.07, 6.45) is 2.84. The zero-order valence-electron chi connectivity index (χ0n) is 20.0. The monoisotopic (exact) mass is 496 g/mol. The van der Waals surface area contributed by atoms with Gasteiger partial charge in [-0.3, -0.25) is 9.59 Å². The van der Waals surface area contributed by atoms with Gasteiger partial charge in [-0.05, 0) is 55.2 Å². The Labute approximate surface area is 214 Å². The van der Waals surface area contributed by atoms with Gasteiger partial charge in [0.1, 0.15) is 5.82 Å². The fourth-order valence-corrected chi connectivity index (χ4v) is 6.23. The number of thioether (sulfide) groups is 1. The van der Waals surface area contributed by atoms with Crippen LogP contribution in [0.2, 0.25) is 0 Å². The Balaban J connectivity index is 1.15. The highest BCUT2D eigenvalue weighted by Gasteiger charge is 2.29. The summed E-state index contributed by atoms with van der Waals surface area (Å²) < 4.78 is 0. The van der Waals surface area contributed by atoms with Gasteiger partial charge in [0.25, 0.3) is 5.91 Å². The SMILES string of the molecule is O=C(c1ccccc1SCC(=O)N1CCc2ccccc21)N1CCCC(c2nc3ccccc3[nH]2)C1. The molecule has 2 amide bonds. The van der Waals surface area contributed by atoms with E-state index in [-0.39, 0.29) is 17.7 Å². The standard InChI is InChI=1S/C29H28N4O2S/c34-27(33-17-15-20-8-1-5-13-25(20)33)19-36-26-14-6-2-10-22(26)29(35)32-16-7-9-21(18-32)28-30-23-11-3-4-12-24(23)31-28/h1-6,8,10-14,21H,7,9,15-19H2,(H,30,31). The maximum atomic E-state index is 13.6. The van der Waals surface area contributed by atoms with Crippen LogP contribution in [0.4, 0.5) is 5.69 Å². The minimum Gasteiger partial charge on any atom is -0.342 e. The first-order chi connectivity index (χ1) is 17.7. The minimum atomic E-state index is 0.0258. The molecule has 1 unspecified atom stereocenters. The number of fused-ring (bicyclic) bond motifs is 2. The molecule has 1 saturated heterocycles. The van der Waals surface area contributed by atoms with E-state index in [1.165, 1.54) is 17.3 Å². The van der Waals surface area contributed by atoms with Gasteiger partial charge in [0.05, 0.1) is 22.3 Å². The number of aromatic nitrogens is 2. The maximum absolute atomic E-state index is 13.6. The van der Waals surface area contributed by atoms with Crippen LogP contribution in [0, 0.1) is 0 Å². The zero-order chi connectivity index (χ0) is 24.5. The fraction of sp³-hybridized carbons (Fsp3) is 0.276. The summed E-state index contributed by atoms with van der Waals surface area (Å²) in [5.41, 5.74) is 4.89. The van der Waals surface area contributed by atoms with Crippen LogP contribution in [0.5, 0.6) is 0 Å². The van der Waals surface area contributed by atoms with Crippen LogP contribution in [-0.2, 0) is 11.2 Å². The molecule has 0 bridgehead atoms. The van der Waals surface area contributed by atoms with Gasteiger partial charge in [0, 0.05) is 36.1 Å². The summed E-state index contributed by atoms with van der Waals surface area (Å²) >= 11 is 1.45. The van der Waals surface area contributed by atoms with Crippen LogP contribution in [0.15, 0.2) is 77.7 Å². The second-order valence-electron chi connectivity index (χ2n) is 9.44. The molecular formula is C29H28N4O2S. The van der Waals surface area contributed by atoms with Gasteiger partial charge in [0.15, 0.2) is 0 Å². The van der Waals surface area contributed by atoms with Gasteiger partial charge in [-0.2, -0.15) is 0 Å². The number of nitrogens with one attached hydrogen (secondary N) is 1. The normalized spacial score (nSPS) is 17.4.